The zero-order chi connectivity index (χ0) is 15.3. The summed E-state index contributed by atoms with van der Waals surface area (Å²) in [5.74, 6) is 0. The van der Waals surface area contributed by atoms with Crippen LogP contribution in [0, 0.1) is 3.70 Å². The molecule has 0 saturated carbocycles. The van der Waals surface area contributed by atoms with Crippen molar-refractivity contribution in [3.05, 3.63) is 16.4 Å². The van der Waals surface area contributed by atoms with Gasteiger partial charge in [-0.05, 0) is 36.4 Å². The van der Waals surface area contributed by atoms with Crippen LogP contribution in [0.3, 0.4) is 0 Å². The number of imidazole rings is 1. The molecule has 2 aromatic rings. The van der Waals surface area contributed by atoms with E-state index < -0.39 is 7.82 Å². The Hall–Kier alpha value is -0.610. The summed E-state index contributed by atoms with van der Waals surface area (Å²) in [7, 11) is -3.48. The van der Waals surface area contributed by atoms with Crippen LogP contribution in [-0.4, -0.2) is 39.3 Å². The van der Waals surface area contributed by atoms with Gasteiger partial charge in [0, 0.05) is 6.54 Å². The number of rotatable bonds is 8. The van der Waals surface area contributed by atoms with E-state index in [-0.39, 0.29) is 19.8 Å². The molecule has 0 bridgehead atoms. The quantitative estimate of drug-likeness (QED) is 0.364. The van der Waals surface area contributed by atoms with Crippen LogP contribution in [0.2, 0.25) is 0 Å². The van der Waals surface area contributed by atoms with E-state index in [0.717, 1.165) is 9.22 Å². The Morgan fingerprint density at radius 3 is 2.57 bits per heavy atom. The summed E-state index contributed by atoms with van der Waals surface area (Å²) in [5, 5.41) is 0. The van der Waals surface area contributed by atoms with Crippen LogP contribution in [0.15, 0.2) is 12.7 Å². The molecule has 2 rings (SSSR count). The normalized spacial score (nSPS) is 12.1. The van der Waals surface area contributed by atoms with Crippen molar-refractivity contribution in [2.75, 3.05) is 19.8 Å². The predicted molar refractivity (Wildman–Crippen MR) is 84.9 cm³/mol. The second-order valence-electron chi connectivity index (χ2n) is 3.89. The van der Waals surface area contributed by atoms with Crippen LogP contribution < -0.4 is 0 Å². The molecule has 0 radical (unpaired) electrons. The number of phosphoric ester groups is 1. The fourth-order valence-corrected chi connectivity index (χ4v) is 3.36. The lowest BCUT2D eigenvalue weighted by molar-refractivity contribution is 0.119. The minimum absolute atomic E-state index is 0.170. The predicted octanol–water partition coefficient (Wildman–Crippen LogP) is 2.63. The second-order valence-corrected chi connectivity index (χ2v) is 6.58. The largest absolute Gasteiger partial charge is 0.474 e. The highest BCUT2D eigenvalue weighted by molar-refractivity contribution is 14.1. The van der Waals surface area contributed by atoms with Gasteiger partial charge in [-0.1, -0.05) is 0 Å². The highest BCUT2D eigenvalue weighted by Crippen LogP contribution is 2.49. The molecule has 0 amide bonds. The number of nitrogens with zero attached hydrogens (tertiary/aromatic N) is 4. The molecule has 21 heavy (non-hydrogen) atoms. The van der Waals surface area contributed by atoms with Gasteiger partial charge >= 0.3 is 7.82 Å². The fraction of sp³-hybridized carbons (Fsp3) is 0.545. The molecular weight excluding hydrogens is 410 g/mol. The molecule has 2 heterocycles. The van der Waals surface area contributed by atoms with Crippen LogP contribution in [0.5, 0.6) is 0 Å². The first kappa shape index (κ1) is 16.8. The Bertz CT molecular complexity index is 640. The lowest BCUT2D eigenvalue weighted by Gasteiger charge is -2.16. The van der Waals surface area contributed by atoms with Crippen molar-refractivity contribution in [1.82, 2.24) is 19.5 Å². The smallest absolute Gasteiger partial charge is 0.313 e. The zero-order valence-corrected chi connectivity index (χ0v) is 14.8. The molecule has 0 atom stereocenters. The third kappa shape index (κ3) is 4.19. The van der Waals surface area contributed by atoms with Crippen LogP contribution >= 0.6 is 30.4 Å². The first-order chi connectivity index (χ1) is 10.1. The number of hydrogen-bond donors (Lipinski definition) is 0. The van der Waals surface area contributed by atoms with Crippen molar-refractivity contribution in [3.63, 3.8) is 0 Å². The maximum atomic E-state index is 12.1. The summed E-state index contributed by atoms with van der Waals surface area (Å²) in [4.78, 5) is 12.5. The van der Waals surface area contributed by atoms with E-state index in [1.54, 1.807) is 24.7 Å². The number of halogens is 1. The summed E-state index contributed by atoms with van der Waals surface area (Å²) in [6.45, 7) is 4.60. The molecule has 0 spiro atoms. The van der Waals surface area contributed by atoms with Gasteiger partial charge < -0.3 is 4.57 Å². The average molecular weight is 426 g/mol. The summed E-state index contributed by atoms with van der Waals surface area (Å²) >= 11 is 2.10. The molecule has 0 unspecified atom stereocenters. The van der Waals surface area contributed by atoms with Crippen LogP contribution in [0.4, 0.5) is 0 Å². The lowest BCUT2D eigenvalue weighted by atomic mass is 10.5. The van der Waals surface area contributed by atoms with Gasteiger partial charge in [0.25, 0.3) is 0 Å². The number of phosphoric acid groups is 1. The van der Waals surface area contributed by atoms with Gasteiger partial charge in [0.05, 0.1) is 26.1 Å². The minimum atomic E-state index is -3.48. The van der Waals surface area contributed by atoms with Crippen molar-refractivity contribution in [1.29, 1.82) is 0 Å². The van der Waals surface area contributed by atoms with Crippen molar-refractivity contribution < 1.29 is 18.1 Å². The minimum Gasteiger partial charge on any atom is -0.313 e. The van der Waals surface area contributed by atoms with E-state index in [9.17, 15) is 4.57 Å². The molecule has 0 aliphatic carbocycles. The van der Waals surface area contributed by atoms with Crippen molar-refractivity contribution in [2.45, 2.75) is 20.4 Å². The Morgan fingerprint density at radius 1 is 1.19 bits per heavy atom. The highest BCUT2D eigenvalue weighted by atomic mass is 127. The molecule has 2 aromatic heterocycles. The number of aromatic nitrogens is 4. The second kappa shape index (κ2) is 7.59. The van der Waals surface area contributed by atoms with E-state index in [1.165, 1.54) is 6.33 Å². The Kier molecular flexibility index (Phi) is 6.06. The Morgan fingerprint density at radius 2 is 1.90 bits per heavy atom. The monoisotopic (exact) mass is 426 g/mol. The molecule has 8 nitrogen and oxygen atoms in total. The van der Waals surface area contributed by atoms with Crippen LogP contribution in [0.1, 0.15) is 13.8 Å². The van der Waals surface area contributed by atoms with E-state index in [2.05, 4.69) is 37.5 Å². The molecule has 10 heteroatoms. The first-order valence-electron chi connectivity index (χ1n) is 6.44. The van der Waals surface area contributed by atoms with Crippen molar-refractivity contribution >= 4 is 41.6 Å². The standard InChI is InChI=1S/C11H16IN4O4P/c1-3-18-21(17,19-4-2)20-6-5-16-8-15-9-10(12)13-7-14-11(9)16/h7-8H,3-6H2,1-2H3. The zero-order valence-electron chi connectivity index (χ0n) is 11.7. The molecular formula is C11H16IN4O4P. The highest BCUT2D eigenvalue weighted by Gasteiger charge is 2.25. The number of hydrogen-bond acceptors (Lipinski definition) is 7. The van der Waals surface area contributed by atoms with E-state index in [0.29, 0.717) is 12.2 Å². The SMILES string of the molecule is CCOP(=O)(OCC)OCCn1cnc2c(I)ncnc21. The topological polar surface area (TPSA) is 88.4 Å². The summed E-state index contributed by atoms with van der Waals surface area (Å²) < 4.78 is 30.1. The van der Waals surface area contributed by atoms with Crippen molar-refractivity contribution in [2.24, 2.45) is 0 Å². The fourth-order valence-electron chi connectivity index (χ4n) is 1.69. The van der Waals surface area contributed by atoms with Gasteiger partial charge in [-0.3, -0.25) is 13.6 Å². The Balaban J connectivity index is 2.02. The van der Waals surface area contributed by atoms with E-state index >= 15 is 0 Å². The molecule has 0 aliphatic heterocycles. The van der Waals surface area contributed by atoms with Crippen molar-refractivity contribution in [3.8, 4) is 0 Å². The third-order valence-corrected chi connectivity index (χ3v) is 4.95. The number of fused-ring (bicyclic) bond motifs is 1. The van der Waals surface area contributed by atoms with Gasteiger partial charge in [0.2, 0.25) is 0 Å². The van der Waals surface area contributed by atoms with Crippen LogP contribution in [0.25, 0.3) is 11.2 Å². The van der Waals surface area contributed by atoms with Gasteiger partial charge in [0.15, 0.2) is 5.65 Å². The van der Waals surface area contributed by atoms with Gasteiger partial charge in [-0.15, -0.1) is 0 Å². The maximum Gasteiger partial charge on any atom is 0.474 e. The summed E-state index contributed by atoms with van der Waals surface area (Å²) in [6.07, 6.45) is 3.13. The first-order valence-corrected chi connectivity index (χ1v) is 8.98. The van der Waals surface area contributed by atoms with Gasteiger partial charge in [-0.2, -0.15) is 0 Å². The third-order valence-electron chi connectivity index (χ3n) is 2.51. The molecule has 0 aromatic carbocycles. The Labute approximate surface area is 136 Å². The molecule has 0 saturated heterocycles. The molecule has 0 fully saturated rings. The van der Waals surface area contributed by atoms with Crippen LogP contribution in [-0.2, 0) is 24.7 Å². The molecule has 0 aliphatic rings. The van der Waals surface area contributed by atoms with E-state index in [4.69, 9.17) is 13.6 Å². The summed E-state index contributed by atoms with van der Waals surface area (Å²) in [5.41, 5.74) is 1.44. The van der Waals surface area contributed by atoms with Gasteiger partial charge in [0.1, 0.15) is 15.5 Å². The summed E-state index contributed by atoms with van der Waals surface area (Å²) in [6, 6.07) is 0. The lowest BCUT2D eigenvalue weighted by Crippen LogP contribution is -2.07. The molecule has 0 N–H and O–H groups in total. The van der Waals surface area contributed by atoms with E-state index in [1.807, 2.05) is 0 Å². The molecule has 116 valence electrons. The van der Waals surface area contributed by atoms with Gasteiger partial charge in [-0.25, -0.2) is 19.5 Å². The maximum absolute atomic E-state index is 12.1. The average Bonchev–Trinajstić information content (AvgIpc) is 2.84.